The number of rotatable bonds is 3. The van der Waals surface area contributed by atoms with Crippen LogP contribution in [0.4, 0.5) is 0 Å². The number of nitrogens with zero attached hydrogens (tertiary/aromatic N) is 4. The molecule has 2 aliphatic rings. The molecular weight excluding hydrogens is 400 g/mol. The van der Waals surface area contributed by atoms with E-state index in [1.165, 1.54) is 16.8 Å². The minimum atomic E-state index is -0.321. The summed E-state index contributed by atoms with van der Waals surface area (Å²) in [6, 6.07) is 6.16. The number of aromatic nitrogens is 3. The Hall–Kier alpha value is -2.84. The molecule has 3 aromatic rings. The fourth-order valence-corrected chi connectivity index (χ4v) is 5.47. The molecular formula is C22H22N4O3S. The van der Waals surface area contributed by atoms with Crippen LogP contribution in [0.25, 0.3) is 10.6 Å². The molecule has 2 aliphatic heterocycles. The summed E-state index contributed by atoms with van der Waals surface area (Å²) in [5.41, 5.74) is 2.42. The third-order valence-corrected chi connectivity index (χ3v) is 7.12. The lowest BCUT2D eigenvalue weighted by Gasteiger charge is -2.44. The largest absolute Gasteiger partial charge is 0.495 e. The lowest BCUT2D eigenvalue weighted by Crippen LogP contribution is -2.48. The number of likely N-dealkylation sites (tertiary alicyclic amines) is 1. The number of hydrogen-bond acceptors (Lipinski definition) is 7. The first-order valence-corrected chi connectivity index (χ1v) is 10.8. The van der Waals surface area contributed by atoms with Crippen molar-refractivity contribution in [3.8, 4) is 16.3 Å². The van der Waals surface area contributed by atoms with Crippen molar-refractivity contribution in [1.82, 2.24) is 19.9 Å². The summed E-state index contributed by atoms with van der Waals surface area (Å²) < 4.78 is 11.6. The maximum Gasteiger partial charge on any atom is 0.256 e. The smallest absolute Gasteiger partial charge is 0.256 e. The number of fused-ring (bicyclic) bond motifs is 2. The Balaban J connectivity index is 1.37. The second-order valence-electron chi connectivity index (χ2n) is 7.54. The quantitative estimate of drug-likeness (QED) is 0.644. The third kappa shape index (κ3) is 3.36. The monoisotopic (exact) mass is 422 g/mol. The normalized spacial score (nSPS) is 17.6. The van der Waals surface area contributed by atoms with E-state index < -0.39 is 0 Å². The molecule has 0 aliphatic carbocycles. The van der Waals surface area contributed by atoms with Gasteiger partial charge in [-0.15, -0.1) is 11.3 Å². The molecule has 1 amide bonds. The first-order chi connectivity index (χ1) is 14.7. The van der Waals surface area contributed by atoms with E-state index in [-0.39, 0.29) is 11.5 Å². The first-order valence-electron chi connectivity index (χ1n) is 10.0. The number of amides is 1. The lowest BCUT2D eigenvalue weighted by atomic mass is 9.82. The Labute approximate surface area is 178 Å². The van der Waals surface area contributed by atoms with Crippen LogP contribution in [0.5, 0.6) is 5.75 Å². The number of hydrogen-bond donors (Lipinski definition) is 0. The van der Waals surface area contributed by atoms with E-state index in [9.17, 15) is 4.79 Å². The third-order valence-electron chi connectivity index (χ3n) is 5.90. The molecule has 0 radical (unpaired) electrons. The molecule has 8 heteroatoms. The summed E-state index contributed by atoms with van der Waals surface area (Å²) in [6.07, 6.45) is 8.81. The van der Waals surface area contributed by atoms with Crippen molar-refractivity contribution in [3.63, 3.8) is 0 Å². The van der Waals surface area contributed by atoms with Gasteiger partial charge in [-0.1, -0.05) is 0 Å². The van der Waals surface area contributed by atoms with Crippen molar-refractivity contribution in [1.29, 1.82) is 0 Å². The van der Waals surface area contributed by atoms with Gasteiger partial charge in [0, 0.05) is 36.8 Å². The molecule has 7 nitrogen and oxygen atoms in total. The highest BCUT2D eigenvalue weighted by Crippen LogP contribution is 2.46. The second kappa shape index (κ2) is 7.77. The van der Waals surface area contributed by atoms with Crippen molar-refractivity contribution in [3.05, 3.63) is 59.1 Å². The van der Waals surface area contributed by atoms with Crippen molar-refractivity contribution in [2.75, 3.05) is 26.8 Å². The molecule has 0 aromatic carbocycles. The van der Waals surface area contributed by atoms with Gasteiger partial charge in [-0.05, 0) is 36.6 Å². The average Bonchev–Trinajstić information content (AvgIpc) is 3.26. The number of piperidine rings is 1. The molecule has 5 rings (SSSR count). The van der Waals surface area contributed by atoms with Crippen LogP contribution in [0.3, 0.4) is 0 Å². The van der Waals surface area contributed by atoms with Gasteiger partial charge < -0.3 is 14.4 Å². The van der Waals surface area contributed by atoms with E-state index in [2.05, 4.69) is 21.0 Å². The predicted octanol–water partition coefficient (Wildman–Crippen LogP) is 3.31. The van der Waals surface area contributed by atoms with Crippen LogP contribution in [-0.4, -0.2) is 52.6 Å². The number of methoxy groups -OCH3 is 1. The van der Waals surface area contributed by atoms with Crippen molar-refractivity contribution < 1.29 is 14.3 Å². The maximum atomic E-state index is 12.7. The molecule has 1 spiro atoms. The van der Waals surface area contributed by atoms with Crippen molar-refractivity contribution in [2.45, 2.75) is 24.9 Å². The minimum absolute atomic E-state index is 0.0186. The van der Waals surface area contributed by atoms with E-state index in [1.54, 1.807) is 37.0 Å². The van der Waals surface area contributed by atoms with Crippen molar-refractivity contribution >= 4 is 17.2 Å². The zero-order valence-electron chi connectivity index (χ0n) is 16.7. The highest BCUT2D eigenvalue weighted by Gasteiger charge is 2.43. The van der Waals surface area contributed by atoms with Gasteiger partial charge in [-0.25, -0.2) is 9.97 Å². The molecule has 154 valence electrons. The van der Waals surface area contributed by atoms with Gasteiger partial charge in [0.25, 0.3) is 5.91 Å². The van der Waals surface area contributed by atoms with E-state index in [4.69, 9.17) is 9.47 Å². The van der Waals surface area contributed by atoms with E-state index in [0.717, 1.165) is 35.6 Å². The number of ether oxygens (including phenoxy) is 2. The van der Waals surface area contributed by atoms with Crippen LogP contribution in [0.2, 0.25) is 0 Å². The molecule has 0 bridgehead atoms. The van der Waals surface area contributed by atoms with E-state index in [0.29, 0.717) is 25.3 Å². The number of carbonyl (C=O) groups is 1. The van der Waals surface area contributed by atoms with E-state index >= 15 is 0 Å². The highest BCUT2D eigenvalue weighted by molar-refractivity contribution is 7.15. The summed E-state index contributed by atoms with van der Waals surface area (Å²) in [5, 5.41) is 0. The standard InChI is InChI=1S/C22H22N4O3S/c1-28-16-2-3-18(25-13-16)20-10-17-19(30-20)4-9-29-22(17)5-7-26(8-6-22)21(27)15-11-23-14-24-12-15/h2-3,10-14H,4-9H2,1H3. The summed E-state index contributed by atoms with van der Waals surface area (Å²) in [7, 11) is 1.64. The van der Waals surface area contributed by atoms with E-state index in [1.807, 2.05) is 17.0 Å². The van der Waals surface area contributed by atoms with Crippen LogP contribution >= 0.6 is 11.3 Å². The Morgan fingerprint density at radius 3 is 2.70 bits per heavy atom. The summed E-state index contributed by atoms with van der Waals surface area (Å²) in [6.45, 7) is 2.02. The van der Waals surface area contributed by atoms with Gasteiger partial charge in [0.05, 0.1) is 41.6 Å². The van der Waals surface area contributed by atoms with Gasteiger partial charge in [0.1, 0.15) is 12.1 Å². The van der Waals surface area contributed by atoms with Gasteiger partial charge >= 0.3 is 0 Å². The van der Waals surface area contributed by atoms with Gasteiger partial charge in [-0.2, -0.15) is 0 Å². The predicted molar refractivity (Wildman–Crippen MR) is 113 cm³/mol. The molecule has 0 atom stereocenters. The average molecular weight is 423 g/mol. The maximum absolute atomic E-state index is 12.7. The molecule has 1 fully saturated rings. The molecule has 30 heavy (non-hydrogen) atoms. The summed E-state index contributed by atoms with van der Waals surface area (Å²) in [4.78, 5) is 29.6. The Kier molecular flexibility index (Phi) is 4.96. The van der Waals surface area contributed by atoms with Crippen LogP contribution < -0.4 is 4.74 Å². The fourth-order valence-electron chi connectivity index (χ4n) is 4.27. The van der Waals surface area contributed by atoms with Crippen molar-refractivity contribution in [2.24, 2.45) is 0 Å². The molecule has 3 aromatic heterocycles. The zero-order valence-corrected chi connectivity index (χ0v) is 17.5. The van der Waals surface area contributed by atoms with Crippen LogP contribution in [0.1, 0.15) is 33.6 Å². The Morgan fingerprint density at radius 2 is 2.00 bits per heavy atom. The molecule has 0 saturated carbocycles. The number of carbonyl (C=O) groups excluding carboxylic acids is 1. The minimum Gasteiger partial charge on any atom is -0.495 e. The number of thiophene rings is 1. The van der Waals surface area contributed by atoms with Gasteiger partial charge in [-0.3, -0.25) is 9.78 Å². The van der Waals surface area contributed by atoms with Crippen LogP contribution in [-0.2, 0) is 16.8 Å². The molecule has 0 unspecified atom stereocenters. The van der Waals surface area contributed by atoms with Crippen LogP contribution in [0, 0.1) is 0 Å². The van der Waals surface area contributed by atoms with Gasteiger partial charge in [0.15, 0.2) is 0 Å². The topological polar surface area (TPSA) is 77.4 Å². The first kappa shape index (κ1) is 19.1. The number of pyridine rings is 1. The SMILES string of the molecule is COc1ccc(-c2cc3c(s2)CCOC32CCN(C(=O)c3cncnc3)CC2)nc1. The van der Waals surface area contributed by atoms with Crippen LogP contribution in [0.15, 0.2) is 43.1 Å². The van der Waals surface area contributed by atoms with Gasteiger partial charge in [0.2, 0.25) is 0 Å². The molecule has 1 saturated heterocycles. The Morgan fingerprint density at radius 1 is 1.20 bits per heavy atom. The molecule has 0 N–H and O–H groups in total. The summed E-state index contributed by atoms with van der Waals surface area (Å²) >= 11 is 1.79. The Bertz CT molecular complexity index is 1040. The zero-order chi connectivity index (χ0) is 20.6. The fraction of sp³-hybridized carbons (Fsp3) is 0.364. The highest BCUT2D eigenvalue weighted by atomic mass is 32.1. The second-order valence-corrected chi connectivity index (χ2v) is 8.68. The lowest BCUT2D eigenvalue weighted by molar-refractivity contribution is -0.0926. The molecule has 5 heterocycles. The summed E-state index contributed by atoms with van der Waals surface area (Å²) in [5.74, 6) is 0.732.